The van der Waals surface area contributed by atoms with Crippen molar-refractivity contribution in [3.63, 3.8) is 0 Å². The molecular weight excluding hydrogens is 250 g/mol. The van der Waals surface area contributed by atoms with E-state index in [2.05, 4.69) is 0 Å². The quantitative estimate of drug-likeness (QED) is 0.564. The Kier molecular flexibility index (Phi) is 4.87. The molecule has 0 aliphatic carbocycles. The molecular formula is C9H17NO6S. The number of carboxylic acids is 1. The molecule has 1 fully saturated rings. The van der Waals surface area contributed by atoms with Gasteiger partial charge in [-0.25, -0.2) is 8.42 Å². The molecule has 100 valence electrons. The highest BCUT2D eigenvalue weighted by Crippen LogP contribution is 2.13. The third-order valence-electron chi connectivity index (χ3n) is 2.48. The van der Waals surface area contributed by atoms with Gasteiger partial charge in [0.2, 0.25) is 10.0 Å². The molecule has 1 rings (SSSR count). The van der Waals surface area contributed by atoms with Gasteiger partial charge < -0.3 is 14.9 Å². The Hall–Kier alpha value is -0.700. The molecule has 7 nitrogen and oxygen atoms in total. The molecule has 0 radical (unpaired) electrons. The number of nitrogens with one attached hydrogen (secondary N) is 1. The molecule has 1 aliphatic rings. The molecule has 0 bridgehead atoms. The topological polar surface area (TPSA) is 113 Å². The minimum atomic E-state index is -3.77. The van der Waals surface area contributed by atoms with Gasteiger partial charge in [-0.2, -0.15) is 4.72 Å². The molecule has 0 spiro atoms. The fraction of sp³-hybridized carbons (Fsp3) is 0.889. The molecule has 0 aromatic carbocycles. The maximum Gasteiger partial charge on any atom is 0.324 e. The van der Waals surface area contributed by atoms with E-state index in [0.717, 1.165) is 6.42 Å². The fourth-order valence-electron chi connectivity index (χ4n) is 1.62. The highest BCUT2D eigenvalue weighted by Gasteiger charge is 2.30. The number of carboxylic acid groups (broad SMARTS) is 1. The van der Waals surface area contributed by atoms with Crippen LogP contribution in [0.15, 0.2) is 0 Å². The number of aliphatic hydroxyl groups excluding tert-OH is 1. The van der Waals surface area contributed by atoms with E-state index in [9.17, 15) is 13.2 Å². The molecule has 0 amide bonds. The first-order chi connectivity index (χ1) is 7.82. The summed E-state index contributed by atoms with van der Waals surface area (Å²) < 4.78 is 30.4. The number of aliphatic hydroxyl groups is 1. The minimum Gasteiger partial charge on any atom is -0.480 e. The second-order valence-corrected chi connectivity index (χ2v) is 5.89. The molecule has 3 atom stereocenters. The standard InChI is InChI=1S/C9H17NO6S/c1-6(11)8(9(12)13)10-17(14,15)5-7-3-2-4-16-7/h6-8,10-11H,2-5H2,1H3,(H,12,13). The van der Waals surface area contributed by atoms with Crippen LogP contribution in [-0.2, 0) is 19.6 Å². The van der Waals surface area contributed by atoms with Gasteiger partial charge in [-0.05, 0) is 19.8 Å². The normalized spacial score (nSPS) is 24.5. The van der Waals surface area contributed by atoms with Crippen LogP contribution in [0.3, 0.4) is 0 Å². The zero-order chi connectivity index (χ0) is 13.1. The highest BCUT2D eigenvalue weighted by molar-refractivity contribution is 7.89. The van der Waals surface area contributed by atoms with Gasteiger partial charge in [-0.1, -0.05) is 0 Å². The first-order valence-corrected chi connectivity index (χ1v) is 6.99. The number of hydrogen-bond donors (Lipinski definition) is 3. The molecule has 1 heterocycles. The average molecular weight is 267 g/mol. The number of aliphatic carboxylic acids is 1. The van der Waals surface area contributed by atoms with E-state index in [0.29, 0.717) is 13.0 Å². The van der Waals surface area contributed by atoms with Gasteiger partial charge in [0.15, 0.2) is 0 Å². The summed E-state index contributed by atoms with van der Waals surface area (Å²) in [4.78, 5) is 10.7. The zero-order valence-corrected chi connectivity index (χ0v) is 10.3. The van der Waals surface area contributed by atoms with Crippen LogP contribution in [0.5, 0.6) is 0 Å². The third kappa shape index (κ3) is 4.58. The van der Waals surface area contributed by atoms with Crippen molar-refractivity contribution in [2.45, 2.75) is 38.0 Å². The number of rotatable bonds is 6. The Bertz CT molecular complexity index is 360. The van der Waals surface area contributed by atoms with Crippen molar-refractivity contribution in [2.75, 3.05) is 12.4 Å². The summed E-state index contributed by atoms with van der Waals surface area (Å²) in [5.41, 5.74) is 0. The Balaban J connectivity index is 2.60. The van der Waals surface area contributed by atoms with Gasteiger partial charge in [-0.3, -0.25) is 4.79 Å². The second-order valence-electron chi connectivity index (χ2n) is 4.09. The molecule has 3 unspecified atom stereocenters. The SMILES string of the molecule is CC(O)C(NS(=O)(=O)CC1CCCO1)C(=O)O. The third-order valence-corrected chi connectivity index (χ3v) is 3.91. The van der Waals surface area contributed by atoms with E-state index in [1.54, 1.807) is 0 Å². The number of carbonyl (C=O) groups is 1. The van der Waals surface area contributed by atoms with Gasteiger partial charge >= 0.3 is 5.97 Å². The Morgan fingerprint density at radius 1 is 1.59 bits per heavy atom. The van der Waals surface area contributed by atoms with Gasteiger partial charge in [-0.15, -0.1) is 0 Å². The Morgan fingerprint density at radius 3 is 2.65 bits per heavy atom. The van der Waals surface area contributed by atoms with Crippen molar-refractivity contribution in [3.05, 3.63) is 0 Å². The second kappa shape index (κ2) is 5.76. The number of ether oxygens (including phenoxy) is 1. The van der Waals surface area contributed by atoms with E-state index in [1.165, 1.54) is 6.92 Å². The zero-order valence-electron chi connectivity index (χ0n) is 9.50. The lowest BCUT2D eigenvalue weighted by Gasteiger charge is -2.18. The minimum absolute atomic E-state index is 0.274. The summed E-state index contributed by atoms with van der Waals surface area (Å²) in [6.07, 6.45) is -0.241. The van der Waals surface area contributed by atoms with Gasteiger partial charge in [0.25, 0.3) is 0 Å². The lowest BCUT2D eigenvalue weighted by molar-refractivity contribution is -0.141. The monoisotopic (exact) mass is 267 g/mol. The van der Waals surface area contributed by atoms with Gasteiger partial charge in [0.05, 0.1) is 18.0 Å². The maximum atomic E-state index is 11.6. The number of hydrogen-bond acceptors (Lipinski definition) is 5. The van der Waals surface area contributed by atoms with Crippen LogP contribution in [-0.4, -0.2) is 55.2 Å². The van der Waals surface area contributed by atoms with Crippen LogP contribution in [0.2, 0.25) is 0 Å². The van der Waals surface area contributed by atoms with Crippen LogP contribution in [0.1, 0.15) is 19.8 Å². The Morgan fingerprint density at radius 2 is 2.24 bits per heavy atom. The summed E-state index contributed by atoms with van der Waals surface area (Å²) in [5.74, 6) is -1.68. The largest absolute Gasteiger partial charge is 0.480 e. The van der Waals surface area contributed by atoms with Crippen molar-refractivity contribution in [1.29, 1.82) is 0 Å². The molecule has 8 heteroatoms. The average Bonchev–Trinajstić information content (AvgIpc) is 2.65. The first-order valence-electron chi connectivity index (χ1n) is 5.34. The predicted octanol–water partition coefficient (Wildman–Crippen LogP) is -1.08. The molecule has 0 aromatic rings. The fourth-order valence-corrected chi connectivity index (χ4v) is 3.15. The number of sulfonamides is 1. The van der Waals surface area contributed by atoms with Crippen molar-refractivity contribution in [1.82, 2.24) is 4.72 Å². The molecule has 0 saturated carbocycles. The summed E-state index contributed by atoms with van der Waals surface area (Å²) >= 11 is 0. The van der Waals surface area contributed by atoms with Crippen LogP contribution >= 0.6 is 0 Å². The van der Waals surface area contributed by atoms with Crippen LogP contribution in [0, 0.1) is 0 Å². The van der Waals surface area contributed by atoms with Crippen LogP contribution < -0.4 is 4.72 Å². The lowest BCUT2D eigenvalue weighted by Crippen LogP contribution is -2.49. The summed E-state index contributed by atoms with van der Waals surface area (Å²) in [7, 11) is -3.77. The van der Waals surface area contributed by atoms with Crippen molar-refractivity contribution >= 4 is 16.0 Å². The molecule has 1 aliphatic heterocycles. The summed E-state index contributed by atoms with van der Waals surface area (Å²) in [6, 6.07) is -1.53. The summed E-state index contributed by atoms with van der Waals surface area (Å²) in [6.45, 7) is 1.74. The van der Waals surface area contributed by atoms with Crippen molar-refractivity contribution in [2.24, 2.45) is 0 Å². The predicted molar refractivity (Wildman–Crippen MR) is 59.0 cm³/mol. The van der Waals surface area contributed by atoms with Gasteiger partial charge in [0.1, 0.15) is 6.04 Å². The smallest absolute Gasteiger partial charge is 0.324 e. The van der Waals surface area contributed by atoms with E-state index >= 15 is 0 Å². The van der Waals surface area contributed by atoms with E-state index in [1.807, 2.05) is 4.72 Å². The molecule has 0 aromatic heterocycles. The van der Waals surface area contributed by atoms with Crippen molar-refractivity contribution in [3.8, 4) is 0 Å². The maximum absolute atomic E-state index is 11.6. The summed E-state index contributed by atoms with van der Waals surface area (Å²) in [5, 5.41) is 17.9. The van der Waals surface area contributed by atoms with E-state index in [4.69, 9.17) is 14.9 Å². The molecule has 3 N–H and O–H groups in total. The highest BCUT2D eigenvalue weighted by atomic mass is 32.2. The van der Waals surface area contributed by atoms with E-state index in [-0.39, 0.29) is 5.75 Å². The first kappa shape index (κ1) is 14.4. The Labute approximate surface area is 99.8 Å². The lowest BCUT2D eigenvalue weighted by atomic mass is 10.2. The van der Waals surface area contributed by atoms with E-state index < -0.39 is 34.2 Å². The van der Waals surface area contributed by atoms with Crippen LogP contribution in [0.25, 0.3) is 0 Å². The molecule has 1 saturated heterocycles. The van der Waals surface area contributed by atoms with Crippen LogP contribution in [0.4, 0.5) is 0 Å². The van der Waals surface area contributed by atoms with Gasteiger partial charge in [0, 0.05) is 6.61 Å². The van der Waals surface area contributed by atoms with Crippen molar-refractivity contribution < 1.29 is 28.2 Å². The molecule has 17 heavy (non-hydrogen) atoms.